The molecule has 2 aliphatic rings. The molecule has 0 radical (unpaired) electrons. The summed E-state index contributed by atoms with van der Waals surface area (Å²) in [6, 6.07) is 10.2. The number of nitrogens with one attached hydrogen (secondary N) is 1. The zero-order valence-corrected chi connectivity index (χ0v) is 18.9. The van der Waals surface area contributed by atoms with Crippen LogP contribution in [0.1, 0.15) is 59.2 Å². The molecule has 1 amide bonds. The van der Waals surface area contributed by atoms with Crippen molar-refractivity contribution in [2.24, 2.45) is 5.92 Å². The molecule has 0 aromatic heterocycles. The van der Waals surface area contributed by atoms with Gasteiger partial charge in [0.05, 0.1) is 11.3 Å². The lowest BCUT2D eigenvalue weighted by atomic mass is 9.92. The number of likely N-dealkylation sites (tertiary alicyclic amines) is 1. The van der Waals surface area contributed by atoms with Gasteiger partial charge in [-0.1, -0.05) is 6.42 Å². The molecule has 4 rings (SSSR count). The molecule has 2 saturated heterocycles. The van der Waals surface area contributed by atoms with Gasteiger partial charge in [-0.05, 0) is 100 Å². The Morgan fingerprint density at radius 2 is 1.67 bits per heavy atom. The highest BCUT2D eigenvalue weighted by atomic mass is 19.1. The average Bonchev–Trinajstić information content (AvgIpc) is 2.84. The largest absolute Gasteiger partial charge is 0.478 e. The SMILES string of the molecule is O=C(Nc1ccc(N2CCC(CCN3CCCCC3)CC2)c(C(=O)O)c1)c1ccc(F)cc1. The molecule has 0 bridgehead atoms. The molecule has 0 aliphatic carbocycles. The van der Waals surface area contributed by atoms with Crippen LogP contribution in [0.25, 0.3) is 0 Å². The first-order chi connectivity index (χ1) is 16.0. The number of carbonyl (C=O) groups excluding carboxylic acids is 1. The molecule has 2 fully saturated rings. The normalized spacial score (nSPS) is 17.7. The van der Waals surface area contributed by atoms with Gasteiger partial charge in [-0.2, -0.15) is 0 Å². The van der Waals surface area contributed by atoms with Crippen molar-refractivity contribution in [2.75, 3.05) is 42.9 Å². The van der Waals surface area contributed by atoms with Crippen LogP contribution in [0.5, 0.6) is 0 Å². The maximum absolute atomic E-state index is 13.1. The summed E-state index contributed by atoms with van der Waals surface area (Å²) in [6.45, 7) is 5.31. The first-order valence-electron chi connectivity index (χ1n) is 11.9. The molecule has 33 heavy (non-hydrogen) atoms. The molecule has 6 nitrogen and oxygen atoms in total. The Hall–Kier alpha value is -2.93. The van der Waals surface area contributed by atoms with E-state index < -0.39 is 17.7 Å². The zero-order valence-electron chi connectivity index (χ0n) is 18.9. The summed E-state index contributed by atoms with van der Waals surface area (Å²) in [5.41, 5.74) is 1.58. The number of hydrogen-bond donors (Lipinski definition) is 2. The summed E-state index contributed by atoms with van der Waals surface area (Å²) in [4.78, 5) is 29.1. The van der Waals surface area contributed by atoms with Crippen molar-refractivity contribution in [3.8, 4) is 0 Å². The van der Waals surface area contributed by atoms with Gasteiger partial charge in [0.2, 0.25) is 0 Å². The number of benzene rings is 2. The van der Waals surface area contributed by atoms with Gasteiger partial charge >= 0.3 is 5.97 Å². The summed E-state index contributed by atoms with van der Waals surface area (Å²) in [7, 11) is 0. The van der Waals surface area contributed by atoms with E-state index in [1.165, 1.54) is 75.6 Å². The molecular formula is C26H32FN3O3. The van der Waals surface area contributed by atoms with E-state index >= 15 is 0 Å². The number of amides is 1. The minimum atomic E-state index is -1.02. The smallest absolute Gasteiger partial charge is 0.337 e. The van der Waals surface area contributed by atoms with Crippen molar-refractivity contribution >= 4 is 23.3 Å². The maximum Gasteiger partial charge on any atom is 0.337 e. The Kier molecular flexibility index (Phi) is 7.60. The minimum absolute atomic E-state index is 0.179. The number of carbonyl (C=O) groups is 2. The van der Waals surface area contributed by atoms with E-state index in [0.29, 0.717) is 22.9 Å². The second kappa shape index (κ2) is 10.8. The van der Waals surface area contributed by atoms with E-state index in [1.807, 2.05) is 0 Å². The highest BCUT2D eigenvalue weighted by Gasteiger charge is 2.24. The number of anilines is 2. The maximum atomic E-state index is 13.1. The summed E-state index contributed by atoms with van der Waals surface area (Å²) < 4.78 is 13.1. The van der Waals surface area contributed by atoms with Crippen molar-refractivity contribution in [1.82, 2.24) is 4.90 Å². The highest BCUT2D eigenvalue weighted by molar-refractivity contribution is 6.05. The van der Waals surface area contributed by atoms with Gasteiger partial charge < -0.3 is 20.2 Å². The molecule has 176 valence electrons. The van der Waals surface area contributed by atoms with Gasteiger partial charge in [-0.25, -0.2) is 9.18 Å². The molecule has 2 aromatic carbocycles. The topological polar surface area (TPSA) is 72.9 Å². The number of carboxylic acids is 1. The van der Waals surface area contributed by atoms with Crippen molar-refractivity contribution < 1.29 is 19.1 Å². The molecule has 0 spiro atoms. The van der Waals surface area contributed by atoms with Crippen LogP contribution in [-0.4, -0.2) is 54.6 Å². The molecule has 0 unspecified atom stereocenters. The number of rotatable bonds is 7. The summed E-state index contributed by atoms with van der Waals surface area (Å²) in [5, 5.41) is 12.5. The Bertz CT molecular complexity index is 965. The van der Waals surface area contributed by atoms with Crippen LogP contribution in [0, 0.1) is 11.7 Å². The average molecular weight is 454 g/mol. The lowest BCUT2D eigenvalue weighted by Crippen LogP contribution is -2.37. The number of nitrogens with zero attached hydrogens (tertiary/aromatic N) is 2. The minimum Gasteiger partial charge on any atom is -0.478 e. The standard InChI is InChI=1S/C26H32FN3O3/c27-21-6-4-20(5-7-21)25(31)28-22-8-9-24(23(18-22)26(32)33)30-16-11-19(12-17-30)10-15-29-13-2-1-3-14-29/h4-9,18-19H,1-3,10-17H2,(H,28,31)(H,32,33). The first-order valence-corrected chi connectivity index (χ1v) is 11.9. The van der Waals surface area contributed by atoms with Crippen LogP contribution in [-0.2, 0) is 0 Å². The van der Waals surface area contributed by atoms with Crippen molar-refractivity contribution in [2.45, 2.75) is 38.5 Å². The number of piperidine rings is 2. The van der Waals surface area contributed by atoms with Crippen molar-refractivity contribution in [1.29, 1.82) is 0 Å². The van der Waals surface area contributed by atoms with E-state index in [0.717, 1.165) is 25.9 Å². The Labute approximate surface area is 194 Å². The van der Waals surface area contributed by atoms with Gasteiger partial charge in [-0.15, -0.1) is 0 Å². The van der Waals surface area contributed by atoms with Gasteiger partial charge in [-0.3, -0.25) is 4.79 Å². The second-order valence-electron chi connectivity index (χ2n) is 9.12. The molecular weight excluding hydrogens is 421 g/mol. The quantitative estimate of drug-likeness (QED) is 0.626. The Morgan fingerprint density at radius 1 is 0.970 bits per heavy atom. The third-order valence-corrected chi connectivity index (χ3v) is 6.85. The van der Waals surface area contributed by atoms with Crippen LogP contribution in [0.15, 0.2) is 42.5 Å². The molecule has 7 heteroatoms. The van der Waals surface area contributed by atoms with E-state index in [-0.39, 0.29) is 5.56 Å². The molecule has 2 N–H and O–H groups in total. The monoisotopic (exact) mass is 453 g/mol. The van der Waals surface area contributed by atoms with Crippen LogP contribution >= 0.6 is 0 Å². The van der Waals surface area contributed by atoms with Crippen molar-refractivity contribution in [3.05, 3.63) is 59.4 Å². The van der Waals surface area contributed by atoms with E-state index in [2.05, 4.69) is 15.1 Å². The van der Waals surface area contributed by atoms with Gasteiger partial charge in [0.25, 0.3) is 5.91 Å². The number of aromatic carboxylic acids is 1. The molecule has 2 aromatic rings. The van der Waals surface area contributed by atoms with Crippen LogP contribution in [0.4, 0.5) is 15.8 Å². The second-order valence-corrected chi connectivity index (χ2v) is 9.12. The fourth-order valence-electron chi connectivity index (χ4n) is 4.88. The summed E-state index contributed by atoms with van der Waals surface area (Å²) >= 11 is 0. The number of hydrogen-bond acceptors (Lipinski definition) is 4. The van der Waals surface area contributed by atoms with Gasteiger partial charge in [0.15, 0.2) is 0 Å². The Balaban J connectivity index is 1.36. The third-order valence-electron chi connectivity index (χ3n) is 6.85. The van der Waals surface area contributed by atoms with E-state index in [9.17, 15) is 19.1 Å². The highest BCUT2D eigenvalue weighted by Crippen LogP contribution is 2.30. The molecule has 0 saturated carbocycles. The van der Waals surface area contributed by atoms with Crippen LogP contribution in [0.3, 0.4) is 0 Å². The van der Waals surface area contributed by atoms with Crippen LogP contribution < -0.4 is 10.2 Å². The predicted molar refractivity (Wildman–Crippen MR) is 128 cm³/mol. The molecule has 2 heterocycles. The molecule has 2 aliphatic heterocycles. The predicted octanol–water partition coefficient (Wildman–Crippen LogP) is 4.87. The lowest BCUT2D eigenvalue weighted by molar-refractivity contribution is 0.0697. The third kappa shape index (κ3) is 6.11. The number of carboxylic acid groups (broad SMARTS) is 1. The van der Waals surface area contributed by atoms with Gasteiger partial charge in [0, 0.05) is 24.3 Å². The Morgan fingerprint density at radius 3 is 2.33 bits per heavy atom. The van der Waals surface area contributed by atoms with E-state index in [4.69, 9.17) is 0 Å². The first kappa shape index (κ1) is 23.2. The molecule has 0 atom stereocenters. The fraction of sp³-hybridized carbons (Fsp3) is 0.462. The van der Waals surface area contributed by atoms with E-state index in [1.54, 1.807) is 12.1 Å². The fourth-order valence-corrected chi connectivity index (χ4v) is 4.88. The number of halogens is 1. The van der Waals surface area contributed by atoms with Gasteiger partial charge in [0.1, 0.15) is 5.82 Å². The van der Waals surface area contributed by atoms with Crippen LogP contribution in [0.2, 0.25) is 0 Å². The lowest BCUT2D eigenvalue weighted by Gasteiger charge is -2.35. The van der Waals surface area contributed by atoms with Crippen molar-refractivity contribution in [3.63, 3.8) is 0 Å². The summed E-state index contributed by atoms with van der Waals surface area (Å²) in [5.74, 6) is -1.16. The summed E-state index contributed by atoms with van der Waals surface area (Å²) in [6.07, 6.45) is 7.34. The zero-order chi connectivity index (χ0) is 23.2.